The van der Waals surface area contributed by atoms with Crippen LogP contribution >= 0.6 is 0 Å². The molecule has 1 aliphatic carbocycles. The van der Waals surface area contributed by atoms with Gasteiger partial charge in [0.05, 0.1) is 17.2 Å². The van der Waals surface area contributed by atoms with Gasteiger partial charge >= 0.3 is 12.1 Å². The van der Waals surface area contributed by atoms with Crippen molar-refractivity contribution in [1.82, 2.24) is 5.32 Å². The Morgan fingerprint density at radius 2 is 1.89 bits per heavy atom. The Balaban J connectivity index is 1.91. The monoisotopic (exact) mass is 390 g/mol. The van der Waals surface area contributed by atoms with E-state index in [1.165, 1.54) is 17.0 Å². The molecule has 2 rings (SSSR count). The molecular formula is C18H22F4N2O3. The molecule has 1 fully saturated rings. The van der Waals surface area contributed by atoms with Crippen LogP contribution in [0.25, 0.3) is 0 Å². The van der Waals surface area contributed by atoms with Gasteiger partial charge in [0, 0.05) is 20.1 Å². The van der Waals surface area contributed by atoms with Crippen molar-refractivity contribution in [3.8, 4) is 0 Å². The first-order chi connectivity index (χ1) is 12.6. The van der Waals surface area contributed by atoms with Crippen LogP contribution < -0.4 is 10.2 Å². The third-order valence-corrected chi connectivity index (χ3v) is 4.53. The van der Waals surface area contributed by atoms with Gasteiger partial charge in [-0.05, 0) is 31.0 Å². The topological polar surface area (TPSA) is 58.6 Å². The van der Waals surface area contributed by atoms with Gasteiger partial charge < -0.3 is 15.0 Å². The van der Waals surface area contributed by atoms with Gasteiger partial charge in [-0.2, -0.15) is 13.2 Å². The Bertz CT molecular complexity index is 692. The minimum Gasteiger partial charge on any atom is -0.452 e. The Labute approximate surface area is 154 Å². The number of amides is 1. The van der Waals surface area contributed by atoms with E-state index in [-0.39, 0.29) is 24.1 Å². The average Bonchev–Trinajstić information content (AvgIpc) is 2.58. The second-order valence-corrected chi connectivity index (χ2v) is 6.74. The minimum atomic E-state index is -4.39. The number of esters is 1. The van der Waals surface area contributed by atoms with E-state index in [0.29, 0.717) is 12.8 Å². The van der Waals surface area contributed by atoms with Gasteiger partial charge in [0.2, 0.25) is 0 Å². The zero-order valence-electron chi connectivity index (χ0n) is 15.1. The summed E-state index contributed by atoms with van der Waals surface area (Å²) in [5.74, 6) is -3.96. The predicted molar refractivity (Wildman–Crippen MR) is 91.0 cm³/mol. The Hall–Kier alpha value is -2.32. The summed E-state index contributed by atoms with van der Waals surface area (Å²) in [5, 5.41) is 2.30. The molecule has 9 heteroatoms. The fourth-order valence-electron chi connectivity index (χ4n) is 3.15. The molecule has 0 radical (unpaired) electrons. The number of anilines is 1. The number of carbonyl (C=O) groups excluding carboxylic acids is 2. The highest BCUT2D eigenvalue weighted by Gasteiger charge is 2.45. The summed E-state index contributed by atoms with van der Waals surface area (Å²) in [6.07, 6.45) is -3.15. The minimum absolute atomic E-state index is 0.0360. The first-order valence-corrected chi connectivity index (χ1v) is 8.59. The number of hydrogen-bond donors (Lipinski definition) is 1. The summed E-state index contributed by atoms with van der Waals surface area (Å²) in [6, 6.07) is 2.69. The fraction of sp³-hybridized carbons (Fsp3) is 0.556. The molecule has 0 bridgehead atoms. The van der Waals surface area contributed by atoms with Crippen LogP contribution in [0.4, 0.5) is 23.2 Å². The zero-order valence-corrected chi connectivity index (χ0v) is 15.1. The number of carbonyl (C=O) groups is 2. The predicted octanol–water partition coefficient (Wildman–Crippen LogP) is 3.29. The van der Waals surface area contributed by atoms with Crippen molar-refractivity contribution in [1.29, 1.82) is 0 Å². The van der Waals surface area contributed by atoms with Crippen LogP contribution in [0.15, 0.2) is 18.2 Å². The zero-order chi connectivity index (χ0) is 20.2. The Morgan fingerprint density at radius 3 is 2.48 bits per heavy atom. The van der Waals surface area contributed by atoms with Crippen LogP contribution in [-0.2, 0) is 9.53 Å². The number of ether oxygens (including phenoxy) is 1. The molecule has 150 valence electrons. The number of hydrogen-bond acceptors (Lipinski definition) is 4. The van der Waals surface area contributed by atoms with Crippen LogP contribution in [0.2, 0.25) is 0 Å². The van der Waals surface area contributed by atoms with E-state index in [9.17, 15) is 27.2 Å². The molecule has 1 saturated carbocycles. The number of nitrogens with one attached hydrogen (secondary N) is 1. The second kappa shape index (κ2) is 8.58. The Kier molecular flexibility index (Phi) is 6.67. The largest absolute Gasteiger partial charge is 0.452 e. The summed E-state index contributed by atoms with van der Waals surface area (Å²) < 4.78 is 57.8. The van der Waals surface area contributed by atoms with Crippen molar-refractivity contribution in [2.75, 3.05) is 25.6 Å². The Morgan fingerprint density at radius 1 is 1.22 bits per heavy atom. The van der Waals surface area contributed by atoms with E-state index >= 15 is 0 Å². The molecule has 0 spiro atoms. The van der Waals surface area contributed by atoms with Gasteiger partial charge in [0.15, 0.2) is 6.61 Å². The van der Waals surface area contributed by atoms with Gasteiger partial charge in [-0.1, -0.05) is 12.8 Å². The third-order valence-electron chi connectivity index (χ3n) is 4.53. The van der Waals surface area contributed by atoms with Crippen molar-refractivity contribution in [3.63, 3.8) is 0 Å². The molecule has 1 aromatic rings. The lowest BCUT2D eigenvalue weighted by Gasteiger charge is -2.33. The highest BCUT2D eigenvalue weighted by atomic mass is 19.4. The maximum atomic E-state index is 13.9. The van der Waals surface area contributed by atoms with Gasteiger partial charge in [-0.15, -0.1) is 0 Å². The molecule has 0 unspecified atom stereocenters. The van der Waals surface area contributed by atoms with Crippen molar-refractivity contribution in [2.24, 2.45) is 5.92 Å². The highest BCUT2D eigenvalue weighted by Crippen LogP contribution is 2.37. The molecule has 1 N–H and O–H groups in total. The quantitative estimate of drug-likeness (QED) is 0.619. The molecule has 1 amide bonds. The van der Waals surface area contributed by atoms with E-state index in [2.05, 4.69) is 5.32 Å². The average molecular weight is 390 g/mol. The van der Waals surface area contributed by atoms with E-state index in [4.69, 9.17) is 4.74 Å². The lowest BCUT2D eigenvalue weighted by Crippen LogP contribution is -2.48. The first kappa shape index (κ1) is 21.0. The van der Waals surface area contributed by atoms with Gasteiger partial charge in [0.25, 0.3) is 5.91 Å². The summed E-state index contributed by atoms with van der Waals surface area (Å²) in [4.78, 5) is 25.4. The van der Waals surface area contributed by atoms with Crippen molar-refractivity contribution >= 4 is 17.6 Å². The van der Waals surface area contributed by atoms with Crippen molar-refractivity contribution < 1.29 is 31.9 Å². The lowest BCUT2D eigenvalue weighted by atomic mass is 9.84. The number of alkyl halides is 3. The molecule has 5 nitrogen and oxygen atoms in total. The van der Waals surface area contributed by atoms with Crippen molar-refractivity contribution in [2.45, 2.75) is 37.9 Å². The molecule has 27 heavy (non-hydrogen) atoms. The molecule has 0 aromatic heterocycles. The maximum absolute atomic E-state index is 13.9. The number of halogens is 4. The maximum Gasteiger partial charge on any atom is 0.393 e. The number of nitrogens with zero attached hydrogens (tertiary/aromatic N) is 1. The summed E-state index contributed by atoms with van der Waals surface area (Å²) in [6.45, 7) is -0.725. The van der Waals surface area contributed by atoms with Gasteiger partial charge in [0.1, 0.15) is 5.82 Å². The summed E-state index contributed by atoms with van der Waals surface area (Å²) >= 11 is 0. The molecule has 1 aliphatic rings. The smallest absolute Gasteiger partial charge is 0.393 e. The van der Waals surface area contributed by atoms with E-state index in [1.54, 1.807) is 14.1 Å². The third kappa shape index (κ3) is 5.58. The molecule has 1 aromatic carbocycles. The van der Waals surface area contributed by atoms with Gasteiger partial charge in [-0.25, -0.2) is 9.18 Å². The SMILES string of the molecule is CN(C)c1ccc(C(=O)OCC(=O)N[C@H]2CCCC[C@@H]2C(F)(F)F)cc1F. The molecule has 0 aliphatic heterocycles. The first-order valence-electron chi connectivity index (χ1n) is 8.59. The standard InChI is InChI=1S/C18H22F4N2O3/c1-24(2)15-8-7-11(9-13(15)19)17(26)27-10-16(25)23-14-6-4-3-5-12(14)18(20,21)22/h7-9,12,14H,3-6,10H2,1-2H3,(H,23,25)/t12-,14-/m0/s1. The van der Waals surface area contributed by atoms with Crippen LogP contribution in [0.3, 0.4) is 0 Å². The number of benzene rings is 1. The summed E-state index contributed by atoms with van der Waals surface area (Å²) in [7, 11) is 3.28. The van der Waals surface area contributed by atoms with E-state index in [0.717, 1.165) is 6.07 Å². The van der Waals surface area contributed by atoms with Crippen LogP contribution in [0, 0.1) is 11.7 Å². The molecule has 2 atom stereocenters. The van der Waals surface area contributed by atoms with E-state index < -0.39 is 42.4 Å². The van der Waals surface area contributed by atoms with E-state index in [1.807, 2.05) is 0 Å². The van der Waals surface area contributed by atoms with Crippen LogP contribution in [0.5, 0.6) is 0 Å². The molecule has 0 heterocycles. The van der Waals surface area contributed by atoms with Crippen molar-refractivity contribution in [3.05, 3.63) is 29.6 Å². The van der Waals surface area contributed by atoms with Crippen LogP contribution in [-0.4, -0.2) is 44.8 Å². The second-order valence-electron chi connectivity index (χ2n) is 6.74. The molecular weight excluding hydrogens is 368 g/mol. The molecule has 0 saturated heterocycles. The highest BCUT2D eigenvalue weighted by molar-refractivity contribution is 5.91. The van der Waals surface area contributed by atoms with Crippen LogP contribution in [0.1, 0.15) is 36.0 Å². The normalized spacial score (nSPS) is 20.1. The fourth-order valence-corrected chi connectivity index (χ4v) is 3.15. The lowest BCUT2D eigenvalue weighted by molar-refractivity contribution is -0.189. The summed E-state index contributed by atoms with van der Waals surface area (Å²) in [5.41, 5.74) is 0.191. The number of rotatable bonds is 5. The van der Waals surface area contributed by atoms with Gasteiger partial charge in [-0.3, -0.25) is 4.79 Å².